The van der Waals surface area contributed by atoms with Crippen molar-refractivity contribution in [3.8, 4) is 5.75 Å². The van der Waals surface area contributed by atoms with Crippen molar-refractivity contribution in [2.24, 2.45) is 40.9 Å². The zero-order valence-corrected chi connectivity index (χ0v) is 30.0. The molecule has 4 bridgehead atoms. The molecule has 2 N–H and O–H groups in total. The summed E-state index contributed by atoms with van der Waals surface area (Å²) in [5.41, 5.74) is 2.73. The lowest BCUT2D eigenvalue weighted by Crippen LogP contribution is -2.66. The number of hydrogen-bond donors (Lipinski definition) is 2. The number of methoxy groups -OCH3 is 1. The SMILES string of the molecule is COc1ccc2[nH]c3c(c2c1)CCN1C(=O)C(CC(=O)NCC24CC5CC(CC(C5)C2)C4)C[C@H](C(=O)N2CCOCC2)[C@@]31CCC1CCCC1. The van der Waals surface area contributed by atoms with Gasteiger partial charge in [0.05, 0.1) is 31.8 Å². The first kappa shape index (κ1) is 32.8. The summed E-state index contributed by atoms with van der Waals surface area (Å²) in [4.78, 5) is 51.5. The molecule has 9 nitrogen and oxygen atoms in total. The second-order valence-electron chi connectivity index (χ2n) is 17.6. The third-order valence-corrected chi connectivity index (χ3v) is 14.6. The van der Waals surface area contributed by atoms with Gasteiger partial charge in [0.2, 0.25) is 17.7 Å². The molecule has 5 saturated carbocycles. The van der Waals surface area contributed by atoms with Crippen LogP contribution in [0.5, 0.6) is 5.75 Å². The number of nitrogens with one attached hydrogen (secondary N) is 2. The largest absolute Gasteiger partial charge is 0.497 e. The Labute approximate surface area is 296 Å². The Bertz CT molecular complexity index is 1600. The Morgan fingerprint density at radius 2 is 1.72 bits per heavy atom. The highest BCUT2D eigenvalue weighted by molar-refractivity contribution is 5.93. The van der Waals surface area contributed by atoms with Gasteiger partial charge in [-0.2, -0.15) is 0 Å². The number of carbonyl (C=O) groups excluding carboxylic acids is 3. The van der Waals surface area contributed by atoms with Crippen LogP contribution in [0.1, 0.15) is 101 Å². The van der Waals surface area contributed by atoms with E-state index in [2.05, 4.69) is 27.3 Å². The van der Waals surface area contributed by atoms with Crippen molar-refractivity contribution in [2.45, 2.75) is 102 Å². The van der Waals surface area contributed by atoms with Crippen molar-refractivity contribution in [3.63, 3.8) is 0 Å². The summed E-state index contributed by atoms with van der Waals surface area (Å²) in [6.45, 7) is 3.49. The number of nitrogens with zero attached hydrogens (tertiary/aromatic N) is 2. The van der Waals surface area contributed by atoms with Crippen LogP contribution >= 0.6 is 0 Å². The summed E-state index contributed by atoms with van der Waals surface area (Å²) < 4.78 is 11.3. The Hall–Kier alpha value is -3.07. The van der Waals surface area contributed by atoms with Gasteiger partial charge in [-0.05, 0) is 117 Å². The standard InChI is InChI=1S/C41H56N4O5/c1-49-31-6-7-35-33(21-31)32-9-11-45-38(47)30(20-36(46)42-25-40-22-27-16-28(23-40)18-29(17-27)24-40)19-34(39(48)44-12-14-50-15-13-44)41(45,37(32)43-35)10-8-26-4-2-3-5-26/h6-7,21,26-30,34,43H,2-5,8-20,22-25H2,1H3,(H,42,46)/t27?,28?,29?,30?,34-,40?,41+/m1/s1. The van der Waals surface area contributed by atoms with E-state index >= 15 is 0 Å². The molecule has 1 aromatic heterocycles. The molecule has 50 heavy (non-hydrogen) atoms. The number of morpholine rings is 1. The molecule has 4 heterocycles. The van der Waals surface area contributed by atoms with E-state index in [-0.39, 0.29) is 29.6 Å². The van der Waals surface area contributed by atoms with E-state index in [4.69, 9.17) is 9.47 Å². The molecule has 270 valence electrons. The van der Waals surface area contributed by atoms with Crippen LogP contribution in [0, 0.1) is 40.9 Å². The number of ether oxygens (including phenoxy) is 2. The minimum atomic E-state index is -0.777. The first-order valence-corrected chi connectivity index (χ1v) is 20.0. The molecule has 3 atom stereocenters. The molecule has 8 aliphatic rings. The molecule has 3 amide bonds. The minimum Gasteiger partial charge on any atom is -0.497 e. The van der Waals surface area contributed by atoms with Gasteiger partial charge in [0, 0.05) is 55.1 Å². The lowest BCUT2D eigenvalue weighted by molar-refractivity contribution is -0.169. The van der Waals surface area contributed by atoms with Crippen LogP contribution in [-0.4, -0.2) is 79.0 Å². The van der Waals surface area contributed by atoms with E-state index in [0.29, 0.717) is 51.6 Å². The fourth-order valence-electron chi connectivity index (χ4n) is 12.7. The van der Waals surface area contributed by atoms with Crippen molar-refractivity contribution >= 4 is 28.6 Å². The van der Waals surface area contributed by atoms with Crippen LogP contribution in [0.2, 0.25) is 0 Å². The van der Waals surface area contributed by atoms with Gasteiger partial charge in [-0.1, -0.05) is 25.7 Å². The molecule has 10 rings (SSSR count). The molecule has 9 heteroatoms. The molecule has 2 saturated heterocycles. The Morgan fingerprint density at radius 1 is 1.00 bits per heavy atom. The smallest absolute Gasteiger partial charge is 0.228 e. The highest BCUT2D eigenvalue weighted by Gasteiger charge is 2.60. The summed E-state index contributed by atoms with van der Waals surface area (Å²) >= 11 is 0. The third-order valence-electron chi connectivity index (χ3n) is 14.6. The van der Waals surface area contributed by atoms with Crippen molar-refractivity contribution in [1.82, 2.24) is 20.1 Å². The highest BCUT2D eigenvalue weighted by atomic mass is 16.5. The van der Waals surface area contributed by atoms with Crippen molar-refractivity contribution < 1.29 is 23.9 Å². The van der Waals surface area contributed by atoms with Gasteiger partial charge in [0.15, 0.2) is 0 Å². The maximum Gasteiger partial charge on any atom is 0.228 e. The van der Waals surface area contributed by atoms with Crippen molar-refractivity contribution in [2.75, 3.05) is 46.5 Å². The monoisotopic (exact) mass is 684 g/mol. The zero-order chi connectivity index (χ0) is 34.0. The molecule has 5 aliphatic carbocycles. The zero-order valence-electron chi connectivity index (χ0n) is 30.0. The van der Waals surface area contributed by atoms with Crippen LogP contribution in [0.4, 0.5) is 0 Å². The number of aromatic amines is 1. The Morgan fingerprint density at radius 3 is 2.42 bits per heavy atom. The quantitative estimate of drug-likeness (QED) is 0.340. The molecular formula is C41H56N4O5. The van der Waals surface area contributed by atoms with Crippen LogP contribution in [0.3, 0.4) is 0 Å². The first-order valence-electron chi connectivity index (χ1n) is 20.0. The van der Waals surface area contributed by atoms with E-state index in [9.17, 15) is 14.4 Å². The molecular weight excluding hydrogens is 628 g/mol. The lowest BCUT2D eigenvalue weighted by atomic mass is 9.49. The molecule has 2 aromatic rings. The maximum absolute atomic E-state index is 15.0. The Balaban J connectivity index is 1.05. The summed E-state index contributed by atoms with van der Waals surface area (Å²) in [6.07, 6.45) is 15.8. The summed E-state index contributed by atoms with van der Waals surface area (Å²) in [6, 6.07) is 6.15. The van der Waals surface area contributed by atoms with Gasteiger partial charge in [0.25, 0.3) is 0 Å². The molecule has 7 fully saturated rings. The topological polar surface area (TPSA) is 104 Å². The van der Waals surface area contributed by atoms with Gasteiger partial charge in [-0.15, -0.1) is 0 Å². The molecule has 1 aromatic carbocycles. The highest BCUT2D eigenvalue weighted by Crippen LogP contribution is 2.60. The van der Waals surface area contributed by atoms with Gasteiger partial charge < -0.3 is 29.6 Å². The van der Waals surface area contributed by atoms with E-state index in [0.717, 1.165) is 59.5 Å². The van der Waals surface area contributed by atoms with Gasteiger partial charge in [-0.25, -0.2) is 0 Å². The number of fused-ring (bicyclic) bond motifs is 5. The molecule has 0 spiro atoms. The van der Waals surface area contributed by atoms with E-state index in [1.54, 1.807) is 7.11 Å². The minimum absolute atomic E-state index is 0.0227. The second kappa shape index (κ2) is 12.9. The van der Waals surface area contributed by atoms with E-state index in [1.807, 2.05) is 11.0 Å². The average molecular weight is 685 g/mol. The molecule has 1 unspecified atom stereocenters. The predicted octanol–water partition coefficient (Wildman–Crippen LogP) is 5.94. The van der Waals surface area contributed by atoms with Gasteiger partial charge in [0.1, 0.15) is 5.75 Å². The fraction of sp³-hybridized carbons (Fsp3) is 0.732. The number of aromatic nitrogens is 1. The first-order chi connectivity index (χ1) is 24.3. The third kappa shape index (κ3) is 5.56. The van der Waals surface area contributed by atoms with Crippen molar-refractivity contribution in [1.29, 1.82) is 0 Å². The van der Waals surface area contributed by atoms with Crippen LogP contribution in [0.25, 0.3) is 10.9 Å². The number of hydrogen-bond acceptors (Lipinski definition) is 5. The number of carbonyl (C=O) groups is 3. The van der Waals surface area contributed by atoms with Crippen LogP contribution in [0.15, 0.2) is 18.2 Å². The number of rotatable bonds is 9. The normalized spacial score (nSPS) is 35.0. The average Bonchev–Trinajstić information content (AvgIpc) is 3.79. The summed E-state index contributed by atoms with van der Waals surface area (Å²) in [7, 11) is 1.70. The second-order valence-corrected chi connectivity index (χ2v) is 17.6. The van der Waals surface area contributed by atoms with Gasteiger partial charge >= 0.3 is 0 Å². The molecule has 0 radical (unpaired) electrons. The Kier molecular flexibility index (Phi) is 8.44. The van der Waals surface area contributed by atoms with Gasteiger partial charge in [-0.3, -0.25) is 14.4 Å². The van der Waals surface area contributed by atoms with E-state index in [1.165, 1.54) is 69.8 Å². The predicted molar refractivity (Wildman–Crippen MR) is 190 cm³/mol. The van der Waals surface area contributed by atoms with E-state index < -0.39 is 17.4 Å². The maximum atomic E-state index is 15.0. The number of H-pyrrole nitrogens is 1. The fourth-order valence-corrected chi connectivity index (χ4v) is 12.7. The number of amides is 3. The summed E-state index contributed by atoms with van der Waals surface area (Å²) in [5.74, 6) is 3.11. The number of benzene rings is 1. The molecule has 3 aliphatic heterocycles. The van der Waals surface area contributed by atoms with Crippen LogP contribution < -0.4 is 10.1 Å². The number of piperidine rings is 1. The summed E-state index contributed by atoms with van der Waals surface area (Å²) in [5, 5.41) is 4.48. The lowest BCUT2D eigenvalue weighted by Gasteiger charge is -2.57. The van der Waals surface area contributed by atoms with Crippen LogP contribution in [-0.2, 0) is 31.1 Å². The van der Waals surface area contributed by atoms with Crippen molar-refractivity contribution in [3.05, 3.63) is 29.5 Å².